The Labute approximate surface area is 185 Å². The molecule has 6 nitrogen and oxygen atoms in total. The molecule has 7 heteroatoms. The van der Waals surface area contributed by atoms with Gasteiger partial charge in [0.15, 0.2) is 0 Å². The molecule has 0 saturated heterocycles. The van der Waals surface area contributed by atoms with Gasteiger partial charge < -0.3 is 19.7 Å². The third-order valence-electron chi connectivity index (χ3n) is 5.57. The minimum absolute atomic E-state index is 0.105. The number of sulfone groups is 1. The van der Waals surface area contributed by atoms with Gasteiger partial charge in [-0.15, -0.1) is 0 Å². The largest absolute Gasteiger partial charge is 0.491 e. The maximum atomic E-state index is 13.4. The lowest BCUT2D eigenvalue weighted by Gasteiger charge is -2.19. The number of rotatable bonds is 12. The van der Waals surface area contributed by atoms with E-state index >= 15 is 0 Å². The molecule has 2 N–H and O–H groups in total. The second kappa shape index (κ2) is 11.5. The summed E-state index contributed by atoms with van der Waals surface area (Å²) in [6.45, 7) is 8.20. The molecule has 2 rings (SSSR count). The Balaban J connectivity index is 2.53. The number of hydrogen-bond donors (Lipinski definition) is 2. The first kappa shape index (κ1) is 25.2. The standard InChI is InChI=1S/C24H34O6S/c1-5-17(3)21-15-19(7-9-23(21)29-13-11-25)31(27,28)20-8-10-24(30-14-12-26)22(16-20)18(4)6-2/h7-10,15-18,25-26H,5-6,11-14H2,1-4H3. The number of benzene rings is 2. The minimum Gasteiger partial charge on any atom is -0.491 e. The van der Waals surface area contributed by atoms with Crippen LogP contribution in [0.5, 0.6) is 11.5 Å². The summed E-state index contributed by atoms with van der Waals surface area (Å²) in [6.07, 6.45) is 1.65. The Morgan fingerprint density at radius 3 is 1.48 bits per heavy atom. The Kier molecular flexibility index (Phi) is 9.34. The molecule has 0 amide bonds. The Morgan fingerprint density at radius 2 is 1.16 bits per heavy atom. The van der Waals surface area contributed by atoms with Gasteiger partial charge in [-0.2, -0.15) is 0 Å². The molecule has 0 fully saturated rings. The normalized spacial score (nSPS) is 13.6. The number of aliphatic hydroxyl groups is 2. The van der Waals surface area contributed by atoms with Crippen LogP contribution in [-0.4, -0.2) is 45.1 Å². The monoisotopic (exact) mass is 450 g/mol. The molecule has 0 aliphatic carbocycles. The van der Waals surface area contributed by atoms with E-state index in [-0.39, 0.29) is 48.1 Å². The van der Waals surface area contributed by atoms with Crippen LogP contribution >= 0.6 is 0 Å². The topological polar surface area (TPSA) is 93.1 Å². The molecule has 0 spiro atoms. The van der Waals surface area contributed by atoms with Crippen LogP contribution in [0.1, 0.15) is 63.5 Å². The summed E-state index contributed by atoms with van der Waals surface area (Å²) >= 11 is 0. The van der Waals surface area contributed by atoms with Gasteiger partial charge in [0.1, 0.15) is 24.7 Å². The lowest BCUT2D eigenvalue weighted by molar-refractivity contribution is 0.199. The van der Waals surface area contributed by atoms with Gasteiger partial charge in [-0.3, -0.25) is 0 Å². The Bertz CT molecular complexity index is 883. The molecule has 0 saturated carbocycles. The van der Waals surface area contributed by atoms with E-state index in [2.05, 4.69) is 0 Å². The first-order chi connectivity index (χ1) is 14.8. The molecule has 2 aromatic carbocycles. The maximum absolute atomic E-state index is 13.4. The van der Waals surface area contributed by atoms with Crippen LogP contribution in [0.3, 0.4) is 0 Å². The predicted molar refractivity (Wildman–Crippen MR) is 121 cm³/mol. The second-order valence-corrected chi connectivity index (χ2v) is 9.62. The fourth-order valence-corrected chi connectivity index (χ4v) is 4.64. The quantitative estimate of drug-likeness (QED) is 0.501. The van der Waals surface area contributed by atoms with Gasteiger partial charge in [-0.25, -0.2) is 8.42 Å². The molecule has 0 aliphatic heterocycles. The lowest BCUT2D eigenvalue weighted by Crippen LogP contribution is -2.09. The average Bonchev–Trinajstić information content (AvgIpc) is 2.79. The summed E-state index contributed by atoms with van der Waals surface area (Å²) < 4.78 is 38.1. The molecular formula is C24H34O6S. The zero-order chi connectivity index (χ0) is 23.0. The van der Waals surface area contributed by atoms with Crippen molar-refractivity contribution in [2.24, 2.45) is 0 Å². The molecular weight excluding hydrogens is 416 g/mol. The number of hydrogen-bond acceptors (Lipinski definition) is 6. The summed E-state index contributed by atoms with van der Waals surface area (Å²) in [5, 5.41) is 18.1. The molecule has 2 atom stereocenters. The molecule has 0 heterocycles. The van der Waals surface area contributed by atoms with Crippen molar-refractivity contribution < 1.29 is 28.1 Å². The molecule has 0 aromatic heterocycles. The van der Waals surface area contributed by atoms with Crippen molar-refractivity contribution in [1.29, 1.82) is 0 Å². The number of ether oxygens (including phenoxy) is 2. The highest BCUT2D eigenvalue weighted by Crippen LogP contribution is 2.36. The fourth-order valence-electron chi connectivity index (χ4n) is 3.31. The van der Waals surface area contributed by atoms with Crippen molar-refractivity contribution in [2.45, 2.75) is 62.2 Å². The lowest BCUT2D eigenvalue weighted by atomic mass is 9.98. The molecule has 31 heavy (non-hydrogen) atoms. The van der Waals surface area contributed by atoms with Crippen LogP contribution < -0.4 is 9.47 Å². The van der Waals surface area contributed by atoms with Gasteiger partial charge in [-0.1, -0.05) is 27.7 Å². The van der Waals surface area contributed by atoms with Gasteiger partial charge in [0.25, 0.3) is 0 Å². The maximum Gasteiger partial charge on any atom is 0.206 e. The van der Waals surface area contributed by atoms with Crippen molar-refractivity contribution in [3.05, 3.63) is 47.5 Å². The van der Waals surface area contributed by atoms with Crippen LogP contribution in [0.25, 0.3) is 0 Å². The molecule has 2 unspecified atom stereocenters. The van der Waals surface area contributed by atoms with Gasteiger partial charge in [-0.05, 0) is 72.2 Å². The molecule has 172 valence electrons. The first-order valence-electron chi connectivity index (χ1n) is 10.8. The van der Waals surface area contributed by atoms with Gasteiger partial charge in [0, 0.05) is 0 Å². The van der Waals surface area contributed by atoms with Gasteiger partial charge in [0.05, 0.1) is 23.0 Å². The van der Waals surface area contributed by atoms with Gasteiger partial charge >= 0.3 is 0 Å². The van der Waals surface area contributed by atoms with Crippen LogP contribution in [0.15, 0.2) is 46.2 Å². The van der Waals surface area contributed by atoms with Crippen LogP contribution in [0.4, 0.5) is 0 Å². The van der Waals surface area contributed by atoms with Crippen molar-refractivity contribution >= 4 is 9.84 Å². The van der Waals surface area contributed by atoms with Crippen molar-refractivity contribution in [3.63, 3.8) is 0 Å². The smallest absolute Gasteiger partial charge is 0.206 e. The summed E-state index contributed by atoms with van der Waals surface area (Å²) in [6, 6.07) is 9.78. The molecule has 0 aliphatic rings. The highest BCUT2D eigenvalue weighted by molar-refractivity contribution is 7.91. The van der Waals surface area contributed by atoms with Crippen molar-refractivity contribution in [3.8, 4) is 11.5 Å². The van der Waals surface area contributed by atoms with E-state index in [1.807, 2.05) is 27.7 Å². The second-order valence-electron chi connectivity index (χ2n) is 7.67. The van der Waals surface area contributed by atoms with E-state index in [4.69, 9.17) is 19.7 Å². The minimum atomic E-state index is -3.75. The third-order valence-corrected chi connectivity index (χ3v) is 7.32. The van der Waals surface area contributed by atoms with E-state index in [1.54, 1.807) is 36.4 Å². The van der Waals surface area contributed by atoms with E-state index in [9.17, 15) is 8.42 Å². The van der Waals surface area contributed by atoms with Gasteiger partial charge in [0.2, 0.25) is 9.84 Å². The predicted octanol–water partition coefficient (Wildman–Crippen LogP) is 4.29. The molecule has 0 radical (unpaired) electrons. The van der Waals surface area contributed by atoms with E-state index in [1.165, 1.54) is 0 Å². The summed E-state index contributed by atoms with van der Waals surface area (Å²) in [7, 11) is -3.75. The zero-order valence-electron chi connectivity index (χ0n) is 18.8. The van der Waals surface area contributed by atoms with Crippen molar-refractivity contribution in [1.82, 2.24) is 0 Å². The highest BCUT2D eigenvalue weighted by Gasteiger charge is 2.23. The highest BCUT2D eigenvalue weighted by atomic mass is 32.2. The van der Waals surface area contributed by atoms with E-state index < -0.39 is 9.84 Å². The van der Waals surface area contributed by atoms with Crippen LogP contribution in [0.2, 0.25) is 0 Å². The zero-order valence-corrected chi connectivity index (χ0v) is 19.6. The van der Waals surface area contributed by atoms with Crippen LogP contribution in [-0.2, 0) is 9.84 Å². The number of aliphatic hydroxyl groups excluding tert-OH is 2. The van der Waals surface area contributed by atoms with Crippen LogP contribution in [0, 0.1) is 0 Å². The van der Waals surface area contributed by atoms with E-state index in [0.717, 1.165) is 24.0 Å². The average molecular weight is 451 g/mol. The summed E-state index contributed by atoms with van der Waals surface area (Å²) in [4.78, 5) is 0.413. The Hall–Kier alpha value is -2.09. The first-order valence-corrected chi connectivity index (χ1v) is 12.3. The van der Waals surface area contributed by atoms with Crippen molar-refractivity contribution in [2.75, 3.05) is 26.4 Å². The van der Waals surface area contributed by atoms with E-state index in [0.29, 0.717) is 11.5 Å². The Morgan fingerprint density at radius 1 is 0.774 bits per heavy atom. The summed E-state index contributed by atoms with van der Waals surface area (Å²) in [5.41, 5.74) is 1.61. The molecule has 0 bridgehead atoms. The third kappa shape index (κ3) is 5.99. The fraction of sp³-hybridized carbons (Fsp3) is 0.500. The summed E-state index contributed by atoms with van der Waals surface area (Å²) in [5.74, 6) is 1.40. The SMILES string of the molecule is CCC(C)c1cc(S(=O)(=O)c2ccc(OCCO)c(C(C)CC)c2)ccc1OCCO. The molecule has 2 aromatic rings.